The molecule has 0 spiro atoms. The standard InChI is InChI=1S/C22H25N3O3/c1-15(2)25(3)14-17-8-5-4-7-16(17)13-23-21(26)18-10-11-19(24-22(18)27)20-9-6-12-28-20/h4-12,15H,13-14H2,1-3H3,(H,23,26)(H,24,27). The maximum absolute atomic E-state index is 12.5. The molecule has 0 aliphatic heterocycles. The van der Waals surface area contributed by atoms with E-state index in [1.165, 1.54) is 12.3 Å². The lowest BCUT2D eigenvalue weighted by molar-refractivity contribution is 0.0949. The highest BCUT2D eigenvalue weighted by atomic mass is 16.3. The minimum Gasteiger partial charge on any atom is -0.463 e. The second-order valence-electron chi connectivity index (χ2n) is 7.05. The highest BCUT2D eigenvalue weighted by Crippen LogP contribution is 2.16. The number of aromatic amines is 1. The molecule has 28 heavy (non-hydrogen) atoms. The van der Waals surface area contributed by atoms with E-state index < -0.39 is 11.5 Å². The summed E-state index contributed by atoms with van der Waals surface area (Å²) in [5.74, 6) is 0.145. The molecule has 146 valence electrons. The van der Waals surface area contributed by atoms with Crippen molar-refractivity contribution in [2.45, 2.75) is 33.0 Å². The fourth-order valence-electron chi connectivity index (χ4n) is 2.83. The molecule has 0 unspecified atom stereocenters. The first-order chi connectivity index (χ1) is 13.5. The van der Waals surface area contributed by atoms with Crippen molar-refractivity contribution in [3.63, 3.8) is 0 Å². The Morgan fingerprint density at radius 2 is 1.86 bits per heavy atom. The lowest BCUT2D eigenvalue weighted by atomic mass is 10.1. The smallest absolute Gasteiger partial charge is 0.261 e. The van der Waals surface area contributed by atoms with Crippen LogP contribution in [0, 0.1) is 0 Å². The number of benzene rings is 1. The van der Waals surface area contributed by atoms with Gasteiger partial charge in [0.1, 0.15) is 11.3 Å². The zero-order valence-electron chi connectivity index (χ0n) is 16.4. The SMILES string of the molecule is CC(C)N(C)Cc1ccccc1CNC(=O)c1ccc(-c2ccco2)[nH]c1=O. The van der Waals surface area contributed by atoms with Gasteiger partial charge in [-0.25, -0.2) is 0 Å². The van der Waals surface area contributed by atoms with Crippen molar-refractivity contribution in [2.24, 2.45) is 0 Å². The number of carbonyl (C=O) groups is 1. The Bertz CT molecular complexity index is 990. The van der Waals surface area contributed by atoms with Crippen LogP contribution in [0.25, 0.3) is 11.5 Å². The van der Waals surface area contributed by atoms with E-state index in [0.29, 0.717) is 24.0 Å². The molecule has 0 bridgehead atoms. The number of amides is 1. The van der Waals surface area contributed by atoms with Crippen LogP contribution in [0.4, 0.5) is 0 Å². The van der Waals surface area contributed by atoms with Crippen molar-refractivity contribution in [1.82, 2.24) is 15.2 Å². The molecule has 3 aromatic rings. The summed E-state index contributed by atoms with van der Waals surface area (Å²) in [6, 6.07) is 15.1. The van der Waals surface area contributed by atoms with Gasteiger partial charge in [0.05, 0.1) is 12.0 Å². The van der Waals surface area contributed by atoms with Crippen LogP contribution in [0.5, 0.6) is 0 Å². The Morgan fingerprint density at radius 1 is 1.11 bits per heavy atom. The van der Waals surface area contributed by atoms with E-state index in [0.717, 1.165) is 17.7 Å². The van der Waals surface area contributed by atoms with Gasteiger partial charge in [0.2, 0.25) is 0 Å². The summed E-state index contributed by atoms with van der Waals surface area (Å²) in [5, 5.41) is 2.85. The maximum Gasteiger partial charge on any atom is 0.261 e. The van der Waals surface area contributed by atoms with Crippen molar-refractivity contribution in [2.75, 3.05) is 7.05 Å². The largest absolute Gasteiger partial charge is 0.463 e. The second kappa shape index (κ2) is 8.71. The molecule has 0 radical (unpaired) electrons. The minimum absolute atomic E-state index is 0.0760. The van der Waals surface area contributed by atoms with Gasteiger partial charge in [0.15, 0.2) is 0 Å². The number of nitrogens with one attached hydrogen (secondary N) is 2. The van der Waals surface area contributed by atoms with Gasteiger partial charge in [-0.15, -0.1) is 0 Å². The summed E-state index contributed by atoms with van der Waals surface area (Å²) < 4.78 is 5.27. The van der Waals surface area contributed by atoms with Crippen LogP contribution in [-0.4, -0.2) is 28.9 Å². The molecule has 0 atom stereocenters. The number of H-pyrrole nitrogens is 1. The Balaban J connectivity index is 1.70. The van der Waals surface area contributed by atoms with Crippen molar-refractivity contribution in [3.05, 3.63) is 81.8 Å². The third kappa shape index (κ3) is 4.58. The minimum atomic E-state index is -0.445. The van der Waals surface area contributed by atoms with E-state index in [-0.39, 0.29) is 5.56 Å². The molecule has 1 amide bonds. The molecule has 3 rings (SSSR count). The van der Waals surface area contributed by atoms with Gasteiger partial charge in [-0.05, 0) is 56.3 Å². The third-order valence-electron chi connectivity index (χ3n) is 4.80. The molecule has 2 aromatic heterocycles. The summed E-state index contributed by atoms with van der Waals surface area (Å²) in [6.45, 7) is 5.44. The van der Waals surface area contributed by atoms with Crippen LogP contribution >= 0.6 is 0 Å². The zero-order chi connectivity index (χ0) is 20.1. The first kappa shape index (κ1) is 19.6. The Kier molecular flexibility index (Phi) is 6.11. The number of rotatable bonds is 7. The average Bonchev–Trinajstić information content (AvgIpc) is 3.21. The van der Waals surface area contributed by atoms with Gasteiger partial charge in [-0.2, -0.15) is 0 Å². The van der Waals surface area contributed by atoms with E-state index in [4.69, 9.17) is 4.42 Å². The van der Waals surface area contributed by atoms with E-state index in [1.54, 1.807) is 18.2 Å². The number of carbonyl (C=O) groups excluding carboxylic acids is 1. The number of hydrogen-bond donors (Lipinski definition) is 2. The zero-order valence-corrected chi connectivity index (χ0v) is 16.4. The van der Waals surface area contributed by atoms with Gasteiger partial charge in [0.25, 0.3) is 11.5 Å². The van der Waals surface area contributed by atoms with Gasteiger partial charge >= 0.3 is 0 Å². The monoisotopic (exact) mass is 379 g/mol. The summed E-state index contributed by atoms with van der Waals surface area (Å²) in [4.78, 5) is 29.7. The molecule has 1 aromatic carbocycles. The molecular weight excluding hydrogens is 354 g/mol. The molecule has 2 heterocycles. The lowest BCUT2D eigenvalue weighted by Crippen LogP contribution is -2.30. The van der Waals surface area contributed by atoms with Crippen molar-refractivity contribution in [1.29, 1.82) is 0 Å². The maximum atomic E-state index is 12.5. The summed E-state index contributed by atoms with van der Waals surface area (Å²) in [7, 11) is 2.07. The normalized spacial score (nSPS) is 11.2. The van der Waals surface area contributed by atoms with E-state index >= 15 is 0 Å². The van der Waals surface area contributed by atoms with Crippen molar-refractivity contribution < 1.29 is 9.21 Å². The molecule has 0 saturated carbocycles. The van der Waals surface area contributed by atoms with Gasteiger partial charge < -0.3 is 14.7 Å². The molecular formula is C22H25N3O3. The Morgan fingerprint density at radius 3 is 2.50 bits per heavy atom. The number of pyridine rings is 1. The fourth-order valence-corrected chi connectivity index (χ4v) is 2.83. The molecule has 0 aliphatic carbocycles. The highest BCUT2D eigenvalue weighted by Gasteiger charge is 2.13. The summed E-state index contributed by atoms with van der Waals surface area (Å²) >= 11 is 0. The van der Waals surface area contributed by atoms with Crippen LogP contribution in [0.1, 0.15) is 35.3 Å². The molecule has 2 N–H and O–H groups in total. The van der Waals surface area contributed by atoms with E-state index in [2.05, 4.69) is 42.2 Å². The predicted octanol–water partition coefficient (Wildman–Crippen LogP) is 3.41. The van der Waals surface area contributed by atoms with Gasteiger partial charge in [-0.1, -0.05) is 24.3 Å². The number of hydrogen-bond acceptors (Lipinski definition) is 4. The molecule has 0 aliphatic rings. The van der Waals surface area contributed by atoms with Gasteiger partial charge in [-0.3, -0.25) is 14.5 Å². The fraction of sp³-hybridized carbons (Fsp3) is 0.273. The highest BCUT2D eigenvalue weighted by molar-refractivity contribution is 5.94. The van der Waals surface area contributed by atoms with Crippen LogP contribution < -0.4 is 10.9 Å². The van der Waals surface area contributed by atoms with Crippen molar-refractivity contribution in [3.8, 4) is 11.5 Å². The molecule has 6 nitrogen and oxygen atoms in total. The number of furan rings is 1. The van der Waals surface area contributed by atoms with Crippen molar-refractivity contribution >= 4 is 5.91 Å². The number of aromatic nitrogens is 1. The number of nitrogens with zero attached hydrogens (tertiary/aromatic N) is 1. The summed E-state index contributed by atoms with van der Waals surface area (Å²) in [6.07, 6.45) is 1.53. The topological polar surface area (TPSA) is 78.3 Å². The third-order valence-corrected chi connectivity index (χ3v) is 4.80. The predicted molar refractivity (Wildman–Crippen MR) is 109 cm³/mol. The van der Waals surface area contributed by atoms with Crippen LogP contribution in [0.15, 0.2) is 64.0 Å². The average molecular weight is 379 g/mol. The first-order valence-electron chi connectivity index (χ1n) is 9.28. The van der Waals surface area contributed by atoms with E-state index in [1.807, 2.05) is 18.2 Å². The molecule has 0 fully saturated rings. The Labute approximate surface area is 164 Å². The first-order valence-corrected chi connectivity index (χ1v) is 9.28. The van der Waals surface area contributed by atoms with Gasteiger partial charge in [0, 0.05) is 19.1 Å². The van der Waals surface area contributed by atoms with E-state index in [9.17, 15) is 9.59 Å². The second-order valence-corrected chi connectivity index (χ2v) is 7.05. The van der Waals surface area contributed by atoms with Crippen LogP contribution in [0.2, 0.25) is 0 Å². The Hall–Kier alpha value is -3.12. The molecule has 0 saturated heterocycles. The lowest BCUT2D eigenvalue weighted by Gasteiger charge is -2.22. The quantitative estimate of drug-likeness (QED) is 0.659. The molecule has 6 heteroatoms. The van der Waals surface area contributed by atoms with Crippen LogP contribution in [-0.2, 0) is 13.1 Å². The van der Waals surface area contributed by atoms with Crippen LogP contribution in [0.3, 0.4) is 0 Å². The summed E-state index contributed by atoms with van der Waals surface area (Å²) in [5.41, 5.74) is 2.35.